The fourth-order valence-electron chi connectivity index (χ4n) is 15.6. The molecule has 30 heteroatoms. The Hall–Kier alpha value is -7.13. The molecule has 2 aromatic rings. The van der Waals surface area contributed by atoms with Gasteiger partial charge in [-0.2, -0.15) is 11.8 Å². The summed E-state index contributed by atoms with van der Waals surface area (Å²) in [5.74, 6) is -13.6. The van der Waals surface area contributed by atoms with Crippen LogP contribution in [0.3, 0.4) is 0 Å². The number of benzene rings is 2. The lowest BCUT2D eigenvalue weighted by atomic mass is 9.86. The molecule has 3 saturated heterocycles. The van der Waals surface area contributed by atoms with Crippen LogP contribution in [0, 0.1) is 47.3 Å². The molecule has 0 radical (unpaired) electrons. The molecule has 7 amide bonds. The van der Waals surface area contributed by atoms with E-state index in [1.54, 1.807) is 37.3 Å². The predicted octanol–water partition coefficient (Wildman–Crippen LogP) is 4.10. The quantitative estimate of drug-likeness (QED) is 0.0328. The van der Waals surface area contributed by atoms with Crippen LogP contribution < -0.4 is 37.6 Å². The lowest BCUT2D eigenvalue weighted by Gasteiger charge is -2.35. The van der Waals surface area contributed by atoms with Gasteiger partial charge in [0.1, 0.15) is 48.2 Å². The summed E-state index contributed by atoms with van der Waals surface area (Å²) in [4.78, 5) is 176. The highest BCUT2D eigenvalue weighted by Gasteiger charge is 2.50. The maximum absolute atomic E-state index is 15.6. The number of phenolic OH excluding ortho intramolecular Hbond substituents is 1. The number of nitrogens with one attached hydrogen (secondary N) is 6. The van der Waals surface area contributed by atoms with Crippen LogP contribution >= 0.6 is 11.8 Å². The van der Waals surface area contributed by atoms with Crippen LogP contribution in [0.25, 0.3) is 0 Å². The van der Waals surface area contributed by atoms with Crippen molar-refractivity contribution < 1.29 is 98.4 Å². The number of thioether (sulfide) groups is 1. The van der Waals surface area contributed by atoms with E-state index in [4.69, 9.17) is 5.73 Å². The number of aliphatic hydroxyl groups is 7. The van der Waals surface area contributed by atoms with Crippen LogP contribution in [0.5, 0.6) is 5.75 Å². The molecule has 0 aliphatic carbocycles. The molecule has 2 aromatic carbocycles. The van der Waals surface area contributed by atoms with Gasteiger partial charge in [0.05, 0.1) is 60.7 Å². The molecule has 5 rings (SSSR count). The zero-order valence-electron chi connectivity index (χ0n) is 68.3. The fourth-order valence-corrected chi connectivity index (χ4v) is 16.1. The smallest absolute Gasteiger partial charge is 0.248 e. The second kappa shape index (κ2) is 49.8. The van der Waals surface area contributed by atoms with Gasteiger partial charge in [-0.15, -0.1) is 0 Å². The van der Waals surface area contributed by atoms with Crippen molar-refractivity contribution in [3.05, 3.63) is 65.7 Å². The third-order valence-corrected chi connectivity index (χ3v) is 23.4. The Bertz CT molecular complexity index is 3390. The number of aldehydes is 1. The number of carbonyl (C=O) groups excluding carboxylic acids is 12. The molecule has 29 nitrogen and oxygen atoms in total. The highest BCUT2D eigenvalue weighted by atomic mass is 32.2. The third-order valence-electron chi connectivity index (χ3n) is 22.8. The molecule has 114 heavy (non-hydrogen) atoms. The summed E-state index contributed by atoms with van der Waals surface area (Å²) in [6.45, 7) is 14.1. The number of fused-ring (bicyclic) bond motifs is 2. The van der Waals surface area contributed by atoms with Crippen molar-refractivity contribution >= 4 is 82.5 Å². The zero-order chi connectivity index (χ0) is 84.5. The largest absolute Gasteiger partial charge is 0.508 e. The number of amides is 7. The first kappa shape index (κ1) is 97.4. The van der Waals surface area contributed by atoms with Crippen molar-refractivity contribution in [2.75, 3.05) is 38.2 Å². The van der Waals surface area contributed by atoms with E-state index in [0.717, 1.165) is 48.3 Å². The minimum Gasteiger partial charge on any atom is -0.508 e. The predicted molar refractivity (Wildman–Crippen MR) is 431 cm³/mol. The highest BCUT2D eigenvalue weighted by Crippen LogP contribution is 2.32. The van der Waals surface area contributed by atoms with Crippen molar-refractivity contribution in [1.29, 1.82) is 0 Å². The van der Waals surface area contributed by atoms with Crippen LogP contribution in [0.15, 0.2) is 54.6 Å². The fraction of sp³-hybridized carbons (Fsp3) is 0.714. The summed E-state index contributed by atoms with van der Waals surface area (Å²) in [6, 6.07) is 3.85. The van der Waals surface area contributed by atoms with E-state index in [2.05, 4.69) is 52.7 Å². The molecular weight excluding hydrogens is 1490 g/mol. The van der Waals surface area contributed by atoms with Crippen LogP contribution in [0.4, 0.5) is 0 Å². The molecule has 3 heterocycles. The number of aliphatic hydroxyl groups excluding tert-OH is 7. The Morgan fingerprint density at radius 2 is 1.33 bits per heavy atom. The third kappa shape index (κ3) is 30.7. The van der Waals surface area contributed by atoms with E-state index in [1.165, 1.54) is 49.4 Å². The van der Waals surface area contributed by atoms with E-state index < -0.39 is 213 Å². The van der Waals surface area contributed by atoms with Crippen LogP contribution in [0.2, 0.25) is 0 Å². The Labute approximate surface area is 676 Å². The van der Waals surface area contributed by atoms with E-state index >= 15 is 14.4 Å². The van der Waals surface area contributed by atoms with Crippen molar-refractivity contribution in [3.63, 3.8) is 0 Å². The van der Waals surface area contributed by atoms with Gasteiger partial charge in [-0.25, -0.2) is 0 Å². The molecule has 0 aromatic heterocycles. The Morgan fingerprint density at radius 1 is 0.684 bits per heavy atom. The average Bonchev–Trinajstić information content (AvgIpc) is 1.59. The van der Waals surface area contributed by atoms with Crippen LogP contribution in [-0.2, 0) is 64.0 Å². The topological polar surface area (TPSA) is 471 Å². The number of Topliss-reactive ketones (excluding diaryl/α,β-unsaturated/α-hetero) is 4. The Balaban J connectivity index is 1.53. The molecule has 21 atom stereocenters. The molecule has 0 saturated carbocycles. The first-order valence-corrected chi connectivity index (χ1v) is 42.8. The van der Waals surface area contributed by atoms with E-state index in [1.807, 2.05) is 27.0 Å². The molecule has 640 valence electrons. The minimum atomic E-state index is -2.30. The minimum absolute atomic E-state index is 0.0405. The van der Waals surface area contributed by atoms with Crippen molar-refractivity contribution in [3.8, 4) is 5.75 Å². The first-order chi connectivity index (χ1) is 54.2. The number of nitrogens with zero attached hydrogens (tertiary/aromatic N) is 2. The Kier molecular flexibility index (Phi) is 42.6. The van der Waals surface area contributed by atoms with Gasteiger partial charge in [0.15, 0.2) is 17.3 Å². The molecule has 3 aliphatic rings. The number of unbranched alkanes of at least 4 members (excludes halogenated alkanes) is 5. The number of hydrogen-bond donors (Lipinski definition) is 15. The second-order valence-corrected chi connectivity index (χ2v) is 33.6. The van der Waals surface area contributed by atoms with Gasteiger partial charge in [0, 0.05) is 88.9 Å². The van der Waals surface area contributed by atoms with Gasteiger partial charge in [0.2, 0.25) is 41.4 Å². The normalized spacial score (nSPS) is 24.5. The monoisotopic (exact) mass is 1620 g/mol. The molecule has 16 N–H and O–H groups in total. The SMILES string of the molecule is CCC(C)[C@H](NC(=O)[C@@H](CC=O)CCSC)C(=O)C[C@@H](Cc1ccccc1)C(=O)N[C@@H](CC(C)C)C(=O)CCC[C@@H](O)[C@@H]1NC(=O)[C@H]([C@H](O)[C@@H](O)c2ccc(O)cc2)CC(=O)[C@@H]2C[C@@H](O)CN2C(=O)[C@H]([C@@H](C)O)NC(=O)[C@@H](CC(=O)CCCCCCCC[C@@H](C)C[C@@H](C)CC)C[C@@H](O)[C@@H](NCCN)NC(=O)[C@@H]2[C@@H](O)CCN2C1=O. The van der Waals surface area contributed by atoms with Gasteiger partial charge >= 0.3 is 0 Å². The van der Waals surface area contributed by atoms with E-state index in [-0.39, 0.29) is 93.4 Å². The molecule has 1 unspecified atom stereocenters. The van der Waals surface area contributed by atoms with Gasteiger partial charge in [-0.05, 0) is 124 Å². The van der Waals surface area contributed by atoms with Gasteiger partial charge in [0.25, 0.3) is 0 Å². The van der Waals surface area contributed by atoms with Crippen molar-refractivity contribution in [1.82, 2.24) is 41.7 Å². The summed E-state index contributed by atoms with van der Waals surface area (Å²) in [7, 11) is 0. The number of hydrogen-bond acceptors (Lipinski definition) is 23. The summed E-state index contributed by atoms with van der Waals surface area (Å²) in [5, 5.41) is 110. The maximum Gasteiger partial charge on any atom is 0.248 e. The number of nitrogens with two attached hydrogens (primary N) is 1. The van der Waals surface area contributed by atoms with E-state index in [0.29, 0.717) is 55.1 Å². The number of aromatic hydroxyl groups is 1. The molecule has 3 fully saturated rings. The Morgan fingerprint density at radius 3 is 1.96 bits per heavy atom. The number of ketones is 4. The lowest BCUT2D eigenvalue weighted by molar-refractivity contribution is -0.149. The summed E-state index contributed by atoms with van der Waals surface area (Å²) in [5.41, 5.74) is 6.54. The van der Waals surface area contributed by atoms with Crippen molar-refractivity contribution in [2.45, 2.75) is 295 Å². The summed E-state index contributed by atoms with van der Waals surface area (Å²) in [6.07, 6.45) is -6.84. The average molecular weight is 1620 g/mol. The maximum atomic E-state index is 15.6. The van der Waals surface area contributed by atoms with Gasteiger partial charge in [-0.1, -0.05) is 142 Å². The lowest BCUT2D eigenvalue weighted by Crippen LogP contribution is -2.63. The number of carbonyl (C=O) groups is 12. The van der Waals surface area contributed by atoms with Crippen molar-refractivity contribution in [2.24, 2.45) is 53.1 Å². The second-order valence-electron chi connectivity index (χ2n) is 32.7. The molecule has 3 aliphatic heterocycles. The van der Waals surface area contributed by atoms with Crippen LogP contribution in [0.1, 0.15) is 220 Å². The van der Waals surface area contributed by atoms with Gasteiger partial charge < -0.3 is 87.8 Å². The highest BCUT2D eigenvalue weighted by molar-refractivity contribution is 7.98. The number of phenols is 1. The summed E-state index contributed by atoms with van der Waals surface area (Å²) >= 11 is 1.51. The van der Waals surface area contributed by atoms with E-state index in [9.17, 15) is 84.0 Å². The number of rotatable bonds is 45. The molecular formula is C84H133N9O20S. The zero-order valence-corrected chi connectivity index (χ0v) is 69.2. The summed E-state index contributed by atoms with van der Waals surface area (Å²) < 4.78 is 0. The standard InChI is InChI=1S/C84H133N9O20S/c1-10-50(5)41-51(6)22-17-14-12-13-15-20-25-60(97)43-58-45-70(104)77(86-36-35-85)91-82(111)74-67(101)32-37-92(74)84(113)73(90-81(110)62(76(106)75(105)55-28-30-59(96)31-29-55)47-68(102)64-46-61(98)48-93(64)83(112)72(53(8)95)89-80(58)109)66(100)27-21-26-65(99)63(40-49(3)4)87-79(108)57(42-54-23-18-16-19-24-54)44-69(103)71(52(7)11-2)88-78(107)56(33-38-94)34-39-114-9/h16,18-19,23-24,28-31,38,49-53,56-58,61-64,66-67,70-77,86,95-96,98,100-101,104-106H,10-15,17,20-22,25-27,32-37,39-48,85H2,1-9H3,(H,87,108)(H,88,107)(H,89,109)(H,90,110)(H,91,111)/t50-,51+,52?,53+,56-,57+,58-,61+,62-,63-,64-,66+,67-,70+,71-,72-,73-,74-,75-,76-,77-/m0/s1. The molecule has 0 spiro atoms. The first-order valence-electron chi connectivity index (χ1n) is 41.4. The molecule has 0 bridgehead atoms. The van der Waals surface area contributed by atoms with Crippen LogP contribution in [-0.4, -0.2) is 239 Å². The van der Waals surface area contributed by atoms with Gasteiger partial charge in [-0.3, -0.25) is 58.1 Å².